The first-order valence-electron chi connectivity index (χ1n) is 9.63. The smallest absolute Gasteiger partial charge is 0.289 e. The summed E-state index contributed by atoms with van der Waals surface area (Å²) in [5.41, 5.74) is 2.60. The summed E-state index contributed by atoms with van der Waals surface area (Å²) in [6.07, 6.45) is 4.70. The number of nitrogens with zero attached hydrogens (tertiary/aromatic N) is 2. The molecule has 1 saturated heterocycles. The van der Waals surface area contributed by atoms with Gasteiger partial charge < -0.3 is 14.6 Å². The minimum atomic E-state index is -0.0806. The highest BCUT2D eigenvalue weighted by atomic mass is 16.3. The van der Waals surface area contributed by atoms with E-state index >= 15 is 0 Å². The van der Waals surface area contributed by atoms with Crippen LogP contribution in [0.4, 0.5) is 0 Å². The molecule has 2 heterocycles. The second kappa shape index (κ2) is 7.96. The Hall–Kier alpha value is -2.60. The van der Waals surface area contributed by atoms with Crippen LogP contribution in [0, 0.1) is 0 Å². The zero-order chi connectivity index (χ0) is 18.6. The highest BCUT2D eigenvalue weighted by Gasteiger charge is 2.26. The molecule has 0 unspecified atom stereocenters. The van der Waals surface area contributed by atoms with Gasteiger partial charge in [0.2, 0.25) is 5.91 Å². The van der Waals surface area contributed by atoms with E-state index in [-0.39, 0.29) is 17.9 Å². The van der Waals surface area contributed by atoms with Crippen molar-refractivity contribution in [3.63, 3.8) is 0 Å². The van der Waals surface area contributed by atoms with Crippen molar-refractivity contribution in [2.24, 2.45) is 0 Å². The maximum Gasteiger partial charge on any atom is 0.289 e. The van der Waals surface area contributed by atoms with Crippen LogP contribution in [-0.2, 0) is 11.2 Å². The molecule has 2 amide bonds. The lowest BCUT2D eigenvalue weighted by Crippen LogP contribution is -2.51. The number of furan rings is 1. The Balaban J connectivity index is 1.27. The number of nitrogens with one attached hydrogen (secondary N) is 1. The normalized spacial score (nSPS) is 20.1. The van der Waals surface area contributed by atoms with Gasteiger partial charge in [-0.1, -0.05) is 24.3 Å². The first-order valence-corrected chi connectivity index (χ1v) is 9.63. The summed E-state index contributed by atoms with van der Waals surface area (Å²) in [5, 5.41) is 3.20. The van der Waals surface area contributed by atoms with Gasteiger partial charge in [-0.3, -0.25) is 14.5 Å². The lowest BCUT2D eigenvalue weighted by atomic mass is 9.88. The maximum absolute atomic E-state index is 12.5. The lowest BCUT2D eigenvalue weighted by molar-refractivity contribution is -0.123. The number of amides is 2. The highest BCUT2D eigenvalue weighted by molar-refractivity contribution is 5.91. The summed E-state index contributed by atoms with van der Waals surface area (Å²) in [5.74, 6) is 0.350. The van der Waals surface area contributed by atoms with Gasteiger partial charge in [-0.15, -0.1) is 0 Å². The van der Waals surface area contributed by atoms with Crippen LogP contribution in [0.15, 0.2) is 47.1 Å². The van der Waals surface area contributed by atoms with Crippen LogP contribution >= 0.6 is 0 Å². The molecule has 0 saturated carbocycles. The van der Waals surface area contributed by atoms with Gasteiger partial charge in [0, 0.05) is 26.2 Å². The Labute approximate surface area is 159 Å². The third kappa shape index (κ3) is 4.06. The molecule has 0 spiro atoms. The van der Waals surface area contributed by atoms with Crippen molar-refractivity contribution in [2.75, 3.05) is 32.7 Å². The maximum atomic E-state index is 12.5. The second-order valence-corrected chi connectivity index (χ2v) is 7.26. The number of hydrogen-bond acceptors (Lipinski definition) is 4. The van der Waals surface area contributed by atoms with E-state index in [4.69, 9.17) is 4.42 Å². The molecule has 1 aliphatic carbocycles. The summed E-state index contributed by atoms with van der Waals surface area (Å²) in [7, 11) is 0. The van der Waals surface area contributed by atoms with Gasteiger partial charge in [0.05, 0.1) is 18.8 Å². The molecule has 0 radical (unpaired) electrons. The van der Waals surface area contributed by atoms with Gasteiger partial charge in [-0.2, -0.15) is 0 Å². The van der Waals surface area contributed by atoms with E-state index in [0.29, 0.717) is 38.5 Å². The van der Waals surface area contributed by atoms with Crippen molar-refractivity contribution >= 4 is 11.8 Å². The van der Waals surface area contributed by atoms with Crippen molar-refractivity contribution in [1.82, 2.24) is 15.1 Å². The van der Waals surface area contributed by atoms with Crippen LogP contribution in [0.1, 0.15) is 40.6 Å². The Bertz CT molecular complexity index is 795. The summed E-state index contributed by atoms with van der Waals surface area (Å²) >= 11 is 0. The van der Waals surface area contributed by atoms with Crippen LogP contribution < -0.4 is 5.32 Å². The molecule has 0 bridgehead atoms. The van der Waals surface area contributed by atoms with E-state index < -0.39 is 0 Å². The molecular formula is C21H25N3O3. The molecule has 1 aromatic heterocycles. The number of hydrogen-bond donors (Lipinski definition) is 1. The largest absolute Gasteiger partial charge is 0.459 e. The minimum absolute atomic E-state index is 0.0579. The second-order valence-electron chi connectivity index (χ2n) is 7.26. The topological polar surface area (TPSA) is 65.8 Å². The SMILES string of the molecule is O=C(CN1CCN(C(=O)c2ccco2)CC1)N[C@H]1CCCc2ccccc21. The van der Waals surface area contributed by atoms with E-state index in [1.807, 2.05) is 6.07 Å². The van der Waals surface area contributed by atoms with Gasteiger partial charge in [0.25, 0.3) is 5.91 Å². The van der Waals surface area contributed by atoms with E-state index in [9.17, 15) is 9.59 Å². The van der Waals surface area contributed by atoms with Gasteiger partial charge in [0.1, 0.15) is 0 Å². The molecule has 4 rings (SSSR count). The summed E-state index contributed by atoms with van der Waals surface area (Å²) in [6, 6.07) is 11.9. The van der Waals surface area contributed by atoms with Gasteiger partial charge in [-0.25, -0.2) is 0 Å². The van der Waals surface area contributed by atoms with Gasteiger partial charge >= 0.3 is 0 Å². The van der Waals surface area contributed by atoms with E-state index in [0.717, 1.165) is 19.3 Å². The number of benzene rings is 1. The number of rotatable bonds is 4. The molecule has 1 aromatic carbocycles. The number of carbonyl (C=O) groups is 2. The van der Waals surface area contributed by atoms with Crippen molar-refractivity contribution in [3.05, 3.63) is 59.5 Å². The molecule has 2 aliphatic rings. The van der Waals surface area contributed by atoms with Crippen LogP contribution in [0.2, 0.25) is 0 Å². The highest BCUT2D eigenvalue weighted by Crippen LogP contribution is 2.29. The number of aryl methyl sites for hydroxylation is 1. The first kappa shape index (κ1) is 17.8. The molecule has 142 valence electrons. The molecule has 1 N–H and O–H groups in total. The molecule has 1 fully saturated rings. The average Bonchev–Trinajstić information content (AvgIpc) is 3.23. The standard InChI is InChI=1S/C21H25N3O3/c25-20(22-18-8-3-6-16-5-1-2-7-17(16)18)15-23-10-12-24(13-11-23)21(26)19-9-4-14-27-19/h1-2,4-5,7,9,14,18H,3,6,8,10-13,15H2,(H,22,25)/t18-/m0/s1. The van der Waals surface area contributed by atoms with Crippen molar-refractivity contribution < 1.29 is 14.0 Å². The minimum Gasteiger partial charge on any atom is -0.459 e. The quantitative estimate of drug-likeness (QED) is 0.900. The van der Waals surface area contributed by atoms with E-state index in [1.54, 1.807) is 17.0 Å². The molecular weight excluding hydrogens is 342 g/mol. The zero-order valence-corrected chi connectivity index (χ0v) is 15.4. The molecule has 6 heteroatoms. The Morgan fingerprint density at radius 2 is 1.89 bits per heavy atom. The van der Waals surface area contributed by atoms with Crippen LogP contribution in [0.3, 0.4) is 0 Å². The average molecular weight is 367 g/mol. The number of piperazine rings is 1. The fourth-order valence-corrected chi connectivity index (χ4v) is 4.01. The Morgan fingerprint density at radius 1 is 1.07 bits per heavy atom. The van der Waals surface area contributed by atoms with Crippen LogP contribution in [-0.4, -0.2) is 54.3 Å². The van der Waals surface area contributed by atoms with Gasteiger partial charge in [0.15, 0.2) is 5.76 Å². The Morgan fingerprint density at radius 3 is 2.67 bits per heavy atom. The third-order valence-electron chi connectivity index (χ3n) is 5.46. The summed E-state index contributed by atoms with van der Waals surface area (Å²) < 4.78 is 5.18. The van der Waals surface area contributed by atoms with E-state index in [1.165, 1.54) is 17.4 Å². The van der Waals surface area contributed by atoms with Gasteiger partial charge in [-0.05, 0) is 42.5 Å². The lowest BCUT2D eigenvalue weighted by Gasteiger charge is -2.34. The van der Waals surface area contributed by atoms with Crippen LogP contribution in [0.25, 0.3) is 0 Å². The van der Waals surface area contributed by atoms with Crippen molar-refractivity contribution in [2.45, 2.75) is 25.3 Å². The van der Waals surface area contributed by atoms with E-state index in [2.05, 4.69) is 28.4 Å². The molecule has 1 atom stereocenters. The summed E-state index contributed by atoms with van der Waals surface area (Å²) in [4.78, 5) is 28.7. The molecule has 6 nitrogen and oxygen atoms in total. The van der Waals surface area contributed by atoms with Crippen LogP contribution in [0.5, 0.6) is 0 Å². The Kier molecular flexibility index (Phi) is 5.25. The fourth-order valence-electron chi connectivity index (χ4n) is 4.01. The molecule has 27 heavy (non-hydrogen) atoms. The fraction of sp³-hybridized carbons (Fsp3) is 0.429. The first-order chi connectivity index (χ1) is 13.2. The van der Waals surface area contributed by atoms with Crippen molar-refractivity contribution in [3.8, 4) is 0 Å². The summed E-state index contributed by atoms with van der Waals surface area (Å²) in [6.45, 7) is 2.99. The number of fused-ring (bicyclic) bond motifs is 1. The predicted octanol–water partition coefficient (Wildman–Crippen LogP) is 2.23. The number of carbonyl (C=O) groups excluding carboxylic acids is 2. The predicted molar refractivity (Wildman–Crippen MR) is 101 cm³/mol. The van der Waals surface area contributed by atoms with Crippen molar-refractivity contribution in [1.29, 1.82) is 0 Å². The molecule has 2 aromatic rings. The third-order valence-corrected chi connectivity index (χ3v) is 5.46. The zero-order valence-electron chi connectivity index (χ0n) is 15.4. The molecule has 1 aliphatic heterocycles. The monoisotopic (exact) mass is 367 g/mol.